The Bertz CT molecular complexity index is 173. The van der Waals surface area contributed by atoms with Crippen LogP contribution in [-0.4, -0.2) is 11.8 Å². The molecule has 0 aliphatic rings. The van der Waals surface area contributed by atoms with Gasteiger partial charge in [0, 0.05) is 5.25 Å². The van der Waals surface area contributed by atoms with Crippen molar-refractivity contribution in [2.24, 2.45) is 5.73 Å². The summed E-state index contributed by atoms with van der Waals surface area (Å²) in [6.07, 6.45) is 20.9. The number of hydrogen-bond donors (Lipinski definition) is 2. The van der Waals surface area contributed by atoms with Crippen molar-refractivity contribution >= 4 is 12.6 Å². The zero-order valence-corrected chi connectivity index (χ0v) is 14.8. The molecule has 0 amide bonds. The van der Waals surface area contributed by atoms with Crippen LogP contribution in [0.2, 0.25) is 0 Å². The van der Waals surface area contributed by atoms with E-state index in [0.717, 1.165) is 13.0 Å². The summed E-state index contributed by atoms with van der Waals surface area (Å²) in [5, 5.41) is 0.535. The van der Waals surface area contributed by atoms with Crippen molar-refractivity contribution in [3.05, 3.63) is 0 Å². The van der Waals surface area contributed by atoms with Gasteiger partial charge in [0.05, 0.1) is 0 Å². The van der Waals surface area contributed by atoms with E-state index in [1.165, 1.54) is 89.9 Å². The summed E-state index contributed by atoms with van der Waals surface area (Å²) in [6.45, 7) is 3.07. The van der Waals surface area contributed by atoms with Crippen LogP contribution in [0.15, 0.2) is 0 Å². The third kappa shape index (κ3) is 16.4. The molecule has 0 heterocycles. The van der Waals surface area contributed by atoms with Crippen molar-refractivity contribution in [3.8, 4) is 0 Å². The summed E-state index contributed by atoms with van der Waals surface area (Å²) in [5.74, 6) is 0. The predicted molar refractivity (Wildman–Crippen MR) is 96.8 cm³/mol. The molecule has 2 N–H and O–H groups in total. The normalized spacial score (nSPS) is 12.8. The van der Waals surface area contributed by atoms with Crippen molar-refractivity contribution in [2.75, 3.05) is 6.54 Å². The minimum Gasteiger partial charge on any atom is -0.330 e. The largest absolute Gasteiger partial charge is 0.330 e. The Morgan fingerprint density at radius 1 is 0.650 bits per heavy atom. The SMILES string of the molecule is CCCCCCCCCCCCCCCC(S)CCN. The van der Waals surface area contributed by atoms with Crippen molar-refractivity contribution < 1.29 is 0 Å². The summed E-state index contributed by atoms with van der Waals surface area (Å²) in [6, 6.07) is 0. The fraction of sp³-hybridized carbons (Fsp3) is 1.00. The Morgan fingerprint density at radius 3 is 1.45 bits per heavy atom. The van der Waals surface area contributed by atoms with E-state index in [1.807, 2.05) is 0 Å². The van der Waals surface area contributed by atoms with E-state index in [2.05, 4.69) is 19.6 Å². The number of rotatable bonds is 16. The Hall–Kier alpha value is 0.310. The fourth-order valence-corrected chi connectivity index (χ4v) is 3.07. The van der Waals surface area contributed by atoms with E-state index in [1.54, 1.807) is 0 Å². The van der Waals surface area contributed by atoms with Crippen molar-refractivity contribution in [3.63, 3.8) is 0 Å². The van der Waals surface area contributed by atoms with E-state index in [9.17, 15) is 0 Å². The second kappa shape index (κ2) is 17.4. The van der Waals surface area contributed by atoms with Crippen LogP contribution in [0.5, 0.6) is 0 Å². The van der Waals surface area contributed by atoms with Crippen LogP contribution in [0.4, 0.5) is 0 Å². The van der Waals surface area contributed by atoms with Crippen LogP contribution in [0.3, 0.4) is 0 Å². The van der Waals surface area contributed by atoms with Crippen molar-refractivity contribution in [2.45, 2.75) is 108 Å². The molecule has 0 aliphatic heterocycles. The van der Waals surface area contributed by atoms with Gasteiger partial charge in [-0.3, -0.25) is 0 Å². The smallest absolute Gasteiger partial charge is 0.00288 e. The first-order chi connectivity index (χ1) is 9.81. The minimum absolute atomic E-state index is 0.535. The van der Waals surface area contributed by atoms with Gasteiger partial charge >= 0.3 is 0 Å². The highest BCUT2D eigenvalue weighted by Gasteiger charge is 2.00. The molecule has 0 spiro atoms. The summed E-state index contributed by atoms with van der Waals surface area (Å²) in [4.78, 5) is 0. The molecule has 0 saturated carbocycles. The van der Waals surface area contributed by atoms with Gasteiger partial charge in [-0.25, -0.2) is 0 Å². The second-order valence-corrected chi connectivity index (χ2v) is 6.99. The molecule has 1 unspecified atom stereocenters. The lowest BCUT2D eigenvalue weighted by Gasteiger charge is -2.08. The fourth-order valence-electron chi connectivity index (χ4n) is 2.73. The molecule has 0 aliphatic carbocycles. The van der Waals surface area contributed by atoms with E-state index >= 15 is 0 Å². The quantitative estimate of drug-likeness (QED) is 0.261. The summed E-state index contributed by atoms with van der Waals surface area (Å²) >= 11 is 4.54. The lowest BCUT2D eigenvalue weighted by atomic mass is 10.0. The zero-order chi connectivity index (χ0) is 14.9. The van der Waals surface area contributed by atoms with Gasteiger partial charge in [0.2, 0.25) is 0 Å². The minimum atomic E-state index is 0.535. The molecule has 0 fully saturated rings. The van der Waals surface area contributed by atoms with Crippen molar-refractivity contribution in [1.29, 1.82) is 0 Å². The first-order valence-corrected chi connectivity index (χ1v) is 9.71. The molecule has 0 rings (SSSR count). The lowest BCUT2D eigenvalue weighted by molar-refractivity contribution is 0.532. The Morgan fingerprint density at radius 2 is 1.05 bits per heavy atom. The van der Waals surface area contributed by atoms with Gasteiger partial charge in [-0.15, -0.1) is 0 Å². The van der Waals surface area contributed by atoms with Crippen LogP contribution in [0, 0.1) is 0 Å². The molecular weight excluding hydrogens is 262 g/mol. The maximum atomic E-state index is 5.52. The Balaban J connectivity index is 2.99. The average Bonchev–Trinajstić information content (AvgIpc) is 2.44. The molecule has 0 saturated heterocycles. The van der Waals surface area contributed by atoms with Gasteiger partial charge in [-0.1, -0.05) is 90.4 Å². The summed E-state index contributed by atoms with van der Waals surface area (Å²) in [7, 11) is 0. The molecule has 2 heteroatoms. The van der Waals surface area contributed by atoms with Gasteiger partial charge in [-0.05, 0) is 19.4 Å². The number of nitrogens with two attached hydrogens (primary N) is 1. The topological polar surface area (TPSA) is 26.0 Å². The number of thiol groups is 1. The summed E-state index contributed by atoms with van der Waals surface area (Å²) in [5.41, 5.74) is 5.52. The number of hydrogen-bond acceptors (Lipinski definition) is 2. The summed E-state index contributed by atoms with van der Waals surface area (Å²) < 4.78 is 0. The molecule has 0 bridgehead atoms. The molecule has 1 atom stereocenters. The average molecular weight is 302 g/mol. The molecular formula is C18H39NS. The van der Waals surface area contributed by atoms with Crippen molar-refractivity contribution in [1.82, 2.24) is 0 Å². The van der Waals surface area contributed by atoms with Gasteiger partial charge in [0.1, 0.15) is 0 Å². The van der Waals surface area contributed by atoms with E-state index in [0.29, 0.717) is 5.25 Å². The highest BCUT2D eigenvalue weighted by molar-refractivity contribution is 7.80. The zero-order valence-electron chi connectivity index (χ0n) is 13.9. The number of unbranched alkanes of at least 4 members (excludes halogenated alkanes) is 12. The van der Waals surface area contributed by atoms with Gasteiger partial charge in [0.25, 0.3) is 0 Å². The van der Waals surface area contributed by atoms with Gasteiger partial charge in [0.15, 0.2) is 0 Å². The second-order valence-electron chi connectivity index (χ2n) is 6.26. The molecule has 20 heavy (non-hydrogen) atoms. The molecule has 122 valence electrons. The first kappa shape index (κ1) is 20.3. The lowest BCUT2D eigenvalue weighted by Crippen LogP contribution is -2.08. The van der Waals surface area contributed by atoms with E-state index < -0.39 is 0 Å². The maximum absolute atomic E-state index is 5.52. The predicted octanol–water partition coefficient (Wildman–Crippen LogP) is 6.11. The first-order valence-electron chi connectivity index (χ1n) is 9.19. The van der Waals surface area contributed by atoms with E-state index in [-0.39, 0.29) is 0 Å². The monoisotopic (exact) mass is 301 g/mol. The standard InChI is InChI=1S/C18H39NS/c1-2-3-4-5-6-7-8-9-10-11-12-13-14-15-18(20)16-17-19/h18,20H,2-17,19H2,1H3. The molecule has 0 radical (unpaired) electrons. The third-order valence-electron chi connectivity index (χ3n) is 4.14. The van der Waals surface area contributed by atoms with Crippen LogP contribution in [-0.2, 0) is 0 Å². The molecule has 0 aromatic heterocycles. The Kier molecular flexibility index (Phi) is 17.6. The Labute approximate surface area is 133 Å². The van der Waals surface area contributed by atoms with Gasteiger partial charge in [-0.2, -0.15) is 12.6 Å². The highest BCUT2D eigenvalue weighted by Crippen LogP contribution is 2.15. The van der Waals surface area contributed by atoms with Crippen LogP contribution < -0.4 is 5.73 Å². The maximum Gasteiger partial charge on any atom is 0.00288 e. The van der Waals surface area contributed by atoms with Crippen LogP contribution >= 0.6 is 12.6 Å². The third-order valence-corrected chi connectivity index (χ3v) is 4.66. The highest BCUT2D eigenvalue weighted by atomic mass is 32.1. The van der Waals surface area contributed by atoms with Gasteiger partial charge < -0.3 is 5.73 Å². The molecule has 0 aromatic carbocycles. The molecule has 1 nitrogen and oxygen atoms in total. The van der Waals surface area contributed by atoms with E-state index in [4.69, 9.17) is 5.73 Å². The molecule has 0 aromatic rings. The van der Waals surface area contributed by atoms with Crippen LogP contribution in [0.25, 0.3) is 0 Å². The van der Waals surface area contributed by atoms with Crippen LogP contribution in [0.1, 0.15) is 103 Å².